The van der Waals surface area contributed by atoms with Crippen LogP contribution < -0.4 is 0 Å². The molecule has 3 heteroatoms. The van der Waals surface area contributed by atoms with Crippen molar-refractivity contribution >= 4 is 11.6 Å². The van der Waals surface area contributed by atoms with Crippen LogP contribution >= 0.6 is 11.6 Å². The molecule has 2 nitrogen and oxygen atoms in total. The van der Waals surface area contributed by atoms with Gasteiger partial charge in [0.15, 0.2) is 0 Å². The number of aromatic nitrogens is 2. The Bertz CT molecular complexity index is 361. The van der Waals surface area contributed by atoms with Gasteiger partial charge in [-0.15, -0.1) is 11.6 Å². The van der Waals surface area contributed by atoms with E-state index in [9.17, 15) is 0 Å². The highest BCUT2D eigenvalue weighted by atomic mass is 35.5. The molecule has 3 atom stereocenters. The maximum absolute atomic E-state index is 6.50. The molecule has 1 fully saturated rings. The highest BCUT2D eigenvalue weighted by molar-refractivity contribution is 6.20. The fourth-order valence-corrected chi connectivity index (χ4v) is 3.60. The van der Waals surface area contributed by atoms with Gasteiger partial charge in [-0.1, -0.05) is 19.8 Å². The predicted octanol–water partition coefficient (Wildman–Crippen LogP) is 4.18. The number of rotatable bonds is 5. The lowest BCUT2D eigenvalue weighted by Crippen LogP contribution is -2.25. The quantitative estimate of drug-likeness (QED) is 0.733. The Morgan fingerprint density at radius 1 is 1.39 bits per heavy atom. The second-order valence-electron chi connectivity index (χ2n) is 5.80. The van der Waals surface area contributed by atoms with Crippen molar-refractivity contribution in [1.82, 2.24) is 9.78 Å². The summed E-state index contributed by atoms with van der Waals surface area (Å²) in [6.45, 7) is 2.29. The number of nitrogens with zero attached hydrogens (tertiary/aromatic N) is 2. The third kappa shape index (κ3) is 3.74. The molecule has 0 saturated heterocycles. The Hall–Kier alpha value is -0.500. The summed E-state index contributed by atoms with van der Waals surface area (Å²) in [4.78, 5) is 0. The van der Waals surface area contributed by atoms with Crippen LogP contribution in [0.1, 0.15) is 51.0 Å². The SMILES string of the molecule is CCCC1CCC(Cl)C(CCc2cnn(C)c2)C1. The molecule has 2 rings (SSSR count). The summed E-state index contributed by atoms with van der Waals surface area (Å²) >= 11 is 6.50. The number of halogens is 1. The first-order valence-electron chi connectivity index (χ1n) is 7.30. The van der Waals surface area contributed by atoms with Crippen LogP contribution in [0.4, 0.5) is 0 Å². The zero-order valence-corrected chi connectivity index (χ0v) is 12.4. The Kier molecular flexibility index (Phi) is 5.11. The second kappa shape index (κ2) is 6.60. The van der Waals surface area contributed by atoms with Crippen LogP contribution in [0.2, 0.25) is 0 Å². The molecule has 0 amide bonds. The van der Waals surface area contributed by atoms with Crippen molar-refractivity contribution in [3.8, 4) is 0 Å². The molecule has 1 saturated carbocycles. The first kappa shape index (κ1) is 13.9. The van der Waals surface area contributed by atoms with Crippen LogP contribution in [-0.2, 0) is 13.5 Å². The van der Waals surface area contributed by atoms with Gasteiger partial charge in [0.05, 0.1) is 6.20 Å². The summed E-state index contributed by atoms with van der Waals surface area (Å²) in [5.41, 5.74) is 1.35. The second-order valence-corrected chi connectivity index (χ2v) is 6.37. The van der Waals surface area contributed by atoms with Gasteiger partial charge in [0, 0.05) is 18.6 Å². The minimum atomic E-state index is 0.398. The lowest BCUT2D eigenvalue weighted by atomic mass is 9.77. The van der Waals surface area contributed by atoms with Gasteiger partial charge in [-0.05, 0) is 49.5 Å². The maximum Gasteiger partial charge on any atom is 0.0521 e. The monoisotopic (exact) mass is 268 g/mol. The molecule has 0 radical (unpaired) electrons. The van der Waals surface area contributed by atoms with Crippen LogP contribution in [0.5, 0.6) is 0 Å². The van der Waals surface area contributed by atoms with Gasteiger partial charge in [0.1, 0.15) is 0 Å². The molecule has 0 N–H and O–H groups in total. The summed E-state index contributed by atoms with van der Waals surface area (Å²) < 4.78 is 1.88. The Labute approximate surface area is 116 Å². The fourth-order valence-electron chi connectivity index (χ4n) is 3.25. The predicted molar refractivity (Wildman–Crippen MR) is 76.9 cm³/mol. The molecule has 18 heavy (non-hydrogen) atoms. The van der Waals surface area contributed by atoms with E-state index in [4.69, 9.17) is 11.6 Å². The number of alkyl halides is 1. The molecule has 1 heterocycles. The smallest absolute Gasteiger partial charge is 0.0521 e. The van der Waals surface area contributed by atoms with Crippen molar-refractivity contribution in [3.05, 3.63) is 18.0 Å². The van der Waals surface area contributed by atoms with E-state index in [1.54, 1.807) is 0 Å². The molecule has 3 unspecified atom stereocenters. The topological polar surface area (TPSA) is 17.8 Å². The van der Waals surface area contributed by atoms with Crippen molar-refractivity contribution in [3.63, 3.8) is 0 Å². The lowest BCUT2D eigenvalue weighted by molar-refractivity contribution is 0.248. The van der Waals surface area contributed by atoms with E-state index in [1.807, 2.05) is 17.9 Å². The van der Waals surface area contributed by atoms with Crippen molar-refractivity contribution in [2.75, 3.05) is 0 Å². The standard InChI is InChI=1S/C15H25ClN2/c1-3-4-12-6-8-15(16)14(9-12)7-5-13-10-17-18(2)11-13/h10-12,14-15H,3-9H2,1-2H3. The van der Waals surface area contributed by atoms with E-state index in [0.717, 1.165) is 12.3 Å². The summed E-state index contributed by atoms with van der Waals surface area (Å²) in [6, 6.07) is 0. The third-order valence-electron chi connectivity index (χ3n) is 4.26. The summed E-state index contributed by atoms with van der Waals surface area (Å²) in [7, 11) is 1.98. The van der Waals surface area contributed by atoms with Crippen LogP contribution in [0, 0.1) is 11.8 Å². The van der Waals surface area contributed by atoms with Crippen molar-refractivity contribution in [2.45, 2.75) is 57.2 Å². The van der Waals surface area contributed by atoms with Crippen LogP contribution in [0.15, 0.2) is 12.4 Å². The molecule has 1 aliphatic rings. The van der Waals surface area contributed by atoms with Gasteiger partial charge in [-0.2, -0.15) is 5.10 Å². The van der Waals surface area contributed by atoms with E-state index >= 15 is 0 Å². The summed E-state index contributed by atoms with van der Waals surface area (Å²) in [5.74, 6) is 1.63. The van der Waals surface area contributed by atoms with Gasteiger partial charge < -0.3 is 0 Å². The minimum absolute atomic E-state index is 0.398. The van der Waals surface area contributed by atoms with Crippen LogP contribution in [0.3, 0.4) is 0 Å². The Morgan fingerprint density at radius 3 is 2.89 bits per heavy atom. The highest BCUT2D eigenvalue weighted by Crippen LogP contribution is 2.37. The van der Waals surface area contributed by atoms with Crippen LogP contribution in [-0.4, -0.2) is 15.2 Å². The average molecular weight is 269 g/mol. The molecule has 1 aliphatic carbocycles. The van der Waals surface area contributed by atoms with Crippen molar-refractivity contribution in [2.24, 2.45) is 18.9 Å². The zero-order chi connectivity index (χ0) is 13.0. The molecule has 1 aromatic rings. The van der Waals surface area contributed by atoms with Crippen molar-refractivity contribution in [1.29, 1.82) is 0 Å². The van der Waals surface area contributed by atoms with Crippen LogP contribution in [0.25, 0.3) is 0 Å². The Balaban J connectivity index is 1.82. The molecule has 102 valence electrons. The molecule has 0 aliphatic heterocycles. The normalized spacial score (nSPS) is 28.5. The third-order valence-corrected chi connectivity index (χ3v) is 4.83. The van der Waals surface area contributed by atoms with E-state index in [-0.39, 0.29) is 0 Å². The van der Waals surface area contributed by atoms with Gasteiger partial charge in [-0.3, -0.25) is 4.68 Å². The van der Waals surface area contributed by atoms with Gasteiger partial charge in [0.25, 0.3) is 0 Å². The van der Waals surface area contributed by atoms with E-state index in [1.165, 1.54) is 44.1 Å². The van der Waals surface area contributed by atoms with E-state index in [2.05, 4.69) is 18.2 Å². The zero-order valence-electron chi connectivity index (χ0n) is 11.6. The summed E-state index contributed by atoms with van der Waals surface area (Å²) in [6.07, 6.45) is 13.0. The highest BCUT2D eigenvalue weighted by Gasteiger charge is 2.28. The fraction of sp³-hybridized carbons (Fsp3) is 0.800. The largest absolute Gasteiger partial charge is 0.276 e. The number of aryl methyl sites for hydroxylation is 2. The molecule has 0 aromatic carbocycles. The average Bonchev–Trinajstić information content (AvgIpc) is 2.76. The summed E-state index contributed by atoms with van der Waals surface area (Å²) in [5, 5.41) is 4.63. The Morgan fingerprint density at radius 2 is 2.22 bits per heavy atom. The first-order chi connectivity index (χ1) is 8.69. The molecule has 0 spiro atoms. The first-order valence-corrected chi connectivity index (χ1v) is 7.74. The minimum Gasteiger partial charge on any atom is -0.276 e. The van der Waals surface area contributed by atoms with Crippen molar-refractivity contribution < 1.29 is 0 Å². The molecular formula is C15H25ClN2. The number of hydrogen-bond acceptors (Lipinski definition) is 1. The van der Waals surface area contributed by atoms with E-state index < -0.39 is 0 Å². The molecular weight excluding hydrogens is 244 g/mol. The molecule has 1 aromatic heterocycles. The van der Waals surface area contributed by atoms with E-state index in [0.29, 0.717) is 11.3 Å². The number of hydrogen-bond donors (Lipinski definition) is 0. The molecule has 0 bridgehead atoms. The van der Waals surface area contributed by atoms with Gasteiger partial charge >= 0.3 is 0 Å². The maximum atomic E-state index is 6.50. The lowest BCUT2D eigenvalue weighted by Gasteiger charge is -2.33. The van der Waals surface area contributed by atoms with Gasteiger partial charge in [-0.25, -0.2) is 0 Å². The van der Waals surface area contributed by atoms with Gasteiger partial charge in [0.2, 0.25) is 0 Å².